The van der Waals surface area contributed by atoms with Gasteiger partial charge in [0, 0.05) is 51.6 Å². The Bertz CT molecular complexity index is 1010. The second-order valence-electron chi connectivity index (χ2n) is 8.18. The fourth-order valence-electron chi connectivity index (χ4n) is 4.09. The van der Waals surface area contributed by atoms with E-state index in [9.17, 15) is 9.59 Å². The van der Waals surface area contributed by atoms with Crippen LogP contribution in [0.5, 0.6) is 5.75 Å². The molecule has 4 rings (SSSR count). The van der Waals surface area contributed by atoms with Crippen molar-refractivity contribution < 1.29 is 14.3 Å². The molecular formula is C25H28N4O3. The first-order valence-corrected chi connectivity index (χ1v) is 10.9. The number of benzene rings is 2. The third kappa shape index (κ3) is 5.35. The number of nitrogens with one attached hydrogen (secondary N) is 1. The van der Waals surface area contributed by atoms with Gasteiger partial charge in [0.05, 0.1) is 0 Å². The minimum absolute atomic E-state index is 0.0383. The van der Waals surface area contributed by atoms with Crippen molar-refractivity contribution in [1.29, 1.82) is 0 Å². The van der Waals surface area contributed by atoms with Gasteiger partial charge in [-0.3, -0.25) is 14.7 Å². The average Bonchev–Trinajstić information content (AvgIpc) is 3.36. The lowest BCUT2D eigenvalue weighted by Crippen LogP contribution is -2.49. The van der Waals surface area contributed by atoms with Crippen molar-refractivity contribution in [2.75, 3.05) is 20.1 Å². The normalized spacial score (nSPS) is 18.2. The highest BCUT2D eigenvalue weighted by molar-refractivity contribution is 5.92. The summed E-state index contributed by atoms with van der Waals surface area (Å²) >= 11 is 0. The van der Waals surface area contributed by atoms with Crippen LogP contribution in [0.15, 0.2) is 72.9 Å². The summed E-state index contributed by atoms with van der Waals surface area (Å²) in [4.78, 5) is 29.4. The van der Waals surface area contributed by atoms with Gasteiger partial charge in [-0.15, -0.1) is 0 Å². The molecule has 1 aliphatic heterocycles. The Labute approximate surface area is 188 Å². The van der Waals surface area contributed by atoms with E-state index < -0.39 is 0 Å². The molecule has 7 heteroatoms. The largest absolute Gasteiger partial charge is 0.490 e. The van der Waals surface area contributed by atoms with Crippen molar-refractivity contribution in [3.05, 3.63) is 84.2 Å². The van der Waals surface area contributed by atoms with Gasteiger partial charge in [0.2, 0.25) is 5.91 Å². The van der Waals surface area contributed by atoms with E-state index in [4.69, 9.17) is 4.74 Å². The summed E-state index contributed by atoms with van der Waals surface area (Å²) in [5, 5.41) is 6.62. The van der Waals surface area contributed by atoms with Gasteiger partial charge in [0.1, 0.15) is 17.5 Å². The van der Waals surface area contributed by atoms with Gasteiger partial charge in [0.15, 0.2) is 0 Å². The zero-order valence-corrected chi connectivity index (χ0v) is 18.2. The molecule has 7 nitrogen and oxygen atoms in total. The molecule has 1 saturated heterocycles. The Hall–Kier alpha value is -3.61. The van der Waals surface area contributed by atoms with Crippen LogP contribution >= 0.6 is 0 Å². The van der Waals surface area contributed by atoms with Crippen molar-refractivity contribution in [2.45, 2.75) is 25.5 Å². The van der Waals surface area contributed by atoms with E-state index in [1.165, 1.54) is 0 Å². The van der Waals surface area contributed by atoms with Gasteiger partial charge in [-0.1, -0.05) is 48.5 Å². The predicted molar refractivity (Wildman–Crippen MR) is 121 cm³/mol. The molecule has 1 fully saturated rings. The zero-order valence-electron chi connectivity index (χ0n) is 18.2. The van der Waals surface area contributed by atoms with E-state index >= 15 is 0 Å². The second-order valence-corrected chi connectivity index (χ2v) is 8.18. The first-order valence-electron chi connectivity index (χ1n) is 10.9. The lowest BCUT2D eigenvalue weighted by atomic mass is 9.90. The number of para-hydroxylation sites is 1. The van der Waals surface area contributed by atoms with Crippen LogP contribution in [0.25, 0.3) is 0 Å². The number of aromatic nitrogens is 2. The molecule has 2 heterocycles. The molecule has 2 aromatic carbocycles. The number of carbonyl (C=O) groups excluding carboxylic acids is 2. The van der Waals surface area contributed by atoms with E-state index in [1.807, 2.05) is 67.7 Å². The highest BCUT2D eigenvalue weighted by atomic mass is 16.5. The number of hydrogen-bond donors (Lipinski definition) is 1. The summed E-state index contributed by atoms with van der Waals surface area (Å²) in [5.41, 5.74) is 1.54. The van der Waals surface area contributed by atoms with Crippen LogP contribution in [0, 0.1) is 5.92 Å². The Morgan fingerprint density at radius 2 is 1.81 bits per heavy atom. The smallest absolute Gasteiger partial charge is 0.271 e. The summed E-state index contributed by atoms with van der Waals surface area (Å²) in [6.07, 6.45) is 2.40. The lowest BCUT2D eigenvalue weighted by molar-refractivity contribution is -0.132. The number of ether oxygens (including phenoxy) is 1. The molecule has 3 aromatic rings. The summed E-state index contributed by atoms with van der Waals surface area (Å²) in [7, 11) is 1.82. The van der Waals surface area contributed by atoms with Gasteiger partial charge in [-0.2, -0.15) is 5.10 Å². The average molecular weight is 433 g/mol. The molecule has 166 valence electrons. The topological polar surface area (TPSA) is 78.5 Å². The summed E-state index contributed by atoms with van der Waals surface area (Å²) in [6.45, 7) is 1.58. The van der Waals surface area contributed by atoms with E-state index in [0.717, 1.165) is 11.3 Å². The van der Waals surface area contributed by atoms with Crippen LogP contribution in [0.4, 0.5) is 0 Å². The van der Waals surface area contributed by atoms with E-state index in [-0.39, 0.29) is 23.8 Å². The SMILES string of the molecule is CN(Cc1ccccc1)C(=O)C[C@H]1CN(C(=O)c2ccn[nH]2)CC[C@@H]1Oc1ccccc1. The molecule has 0 unspecified atom stereocenters. The molecule has 2 atom stereocenters. The summed E-state index contributed by atoms with van der Waals surface area (Å²) < 4.78 is 6.26. The molecule has 32 heavy (non-hydrogen) atoms. The first-order chi connectivity index (χ1) is 15.6. The van der Waals surface area contributed by atoms with Gasteiger partial charge in [0.25, 0.3) is 5.91 Å². The zero-order chi connectivity index (χ0) is 22.3. The van der Waals surface area contributed by atoms with Crippen molar-refractivity contribution in [1.82, 2.24) is 20.0 Å². The van der Waals surface area contributed by atoms with E-state index in [0.29, 0.717) is 38.2 Å². The number of amides is 2. The maximum atomic E-state index is 13.1. The third-order valence-corrected chi connectivity index (χ3v) is 5.84. The Morgan fingerprint density at radius 1 is 1.09 bits per heavy atom. The van der Waals surface area contributed by atoms with Crippen LogP contribution in [-0.2, 0) is 11.3 Å². The number of carbonyl (C=O) groups is 2. The van der Waals surface area contributed by atoms with Crippen LogP contribution in [0.1, 0.15) is 28.9 Å². The summed E-state index contributed by atoms with van der Waals surface area (Å²) in [5.74, 6) is 0.606. The first kappa shape index (κ1) is 21.6. The van der Waals surface area contributed by atoms with Crippen LogP contribution in [0.3, 0.4) is 0 Å². The molecule has 0 radical (unpaired) electrons. The molecule has 0 aliphatic carbocycles. The minimum Gasteiger partial charge on any atom is -0.490 e. The Kier molecular flexibility index (Phi) is 6.84. The molecule has 2 amide bonds. The number of nitrogens with zero attached hydrogens (tertiary/aromatic N) is 3. The Balaban J connectivity index is 1.46. The monoisotopic (exact) mass is 432 g/mol. The maximum absolute atomic E-state index is 13.1. The Morgan fingerprint density at radius 3 is 2.50 bits per heavy atom. The lowest BCUT2D eigenvalue weighted by Gasteiger charge is -2.38. The fourth-order valence-corrected chi connectivity index (χ4v) is 4.09. The maximum Gasteiger partial charge on any atom is 0.271 e. The van der Waals surface area contributed by atoms with Crippen molar-refractivity contribution in [2.24, 2.45) is 5.92 Å². The highest BCUT2D eigenvalue weighted by Gasteiger charge is 2.35. The standard InChI is InChI=1S/C25H28N4O3/c1-28(17-19-8-4-2-5-9-19)24(30)16-20-18-29(25(31)22-12-14-26-27-22)15-13-23(20)32-21-10-6-3-7-11-21/h2-12,14,20,23H,13,15-18H2,1H3,(H,26,27)/t20-,23-/m0/s1. The highest BCUT2D eigenvalue weighted by Crippen LogP contribution is 2.27. The number of piperidine rings is 1. The van der Waals surface area contributed by atoms with Gasteiger partial charge in [-0.25, -0.2) is 0 Å². The quantitative estimate of drug-likeness (QED) is 0.621. The van der Waals surface area contributed by atoms with E-state index in [2.05, 4.69) is 10.2 Å². The fraction of sp³-hybridized carbons (Fsp3) is 0.320. The van der Waals surface area contributed by atoms with Gasteiger partial charge < -0.3 is 14.5 Å². The predicted octanol–water partition coefficient (Wildman–Crippen LogP) is 3.37. The minimum atomic E-state index is -0.141. The van der Waals surface area contributed by atoms with Crippen LogP contribution < -0.4 is 4.74 Å². The number of likely N-dealkylation sites (tertiary alicyclic amines) is 1. The molecule has 0 bridgehead atoms. The van der Waals surface area contributed by atoms with Gasteiger partial charge >= 0.3 is 0 Å². The number of H-pyrrole nitrogens is 1. The number of rotatable bonds is 7. The number of hydrogen-bond acceptors (Lipinski definition) is 4. The number of aromatic amines is 1. The van der Waals surface area contributed by atoms with Crippen LogP contribution in [0.2, 0.25) is 0 Å². The molecular weight excluding hydrogens is 404 g/mol. The van der Waals surface area contributed by atoms with E-state index in [1.54, 1.807) is 22.1 Å². The molecule has 1 N–H and O–H groups in total. The van der Waals surface area contributed by atoms with Crippen molar-refractivity contribution >= 4 is 11.8 Å². The van der Waals surface area contributed by atoms with Crippen molar-refractivity contribution in [3.8, 4) is 5.75 Å². The molecule has 1 aliphatic rings. The van der Waals surface area contributed by atoms with Crippen molar-refractivity contribution in [3.63, 3.8) is 0 Å². The third-order valence-electron chi connectivity index (χ3n) is 5.84. The second kappa shape index (κ2) is 10.1. The molecule has 0 spiro atoms. The molecule has 0 saturated carbocycles. The summed E-state index contributed by atoms with van der Waals surface area (Å²) in [6, 6.07) is 21.2. The van der Waals surface area contributed by atoms with Crippen LogP contribution in [-0.4, -0.2) is 58.1 Å². The van der Waals surface area contributed by atoms with Gasteiger partial charge in [-0.05, 0) is 23.8 Å². The molecule has 1 aromatic heterocycles.